The average Bonchev–Trinajstić information content (AvgIpc) is 2.55. The Bertz CT molecular complexity index is 719. The van der Waals surface area contributed by atoms with Crippen LogP contribution in [0.1, 0.15) is 34.3 Å². The number of aliphatic hydroxyl groups excluding tert-OH is 1. The van der Waals surface area contributed by atoms with E-state index in [1.165, 1.54) is 5.56 Å². The van der Waals surface area contributed by atoms with Gasteiger partial charge < -0.3 is 14.6 Å². The molecule has 3 heteroatoms. The average molecular weight is 296 g/mol. The minimum absolute atomic E-state index is 0.0882. The standard InChI is InChI=1S/C19H20O3/c1-12-6-4-5-7-13(12)14-8-9-15-16(21-2)10-11-17(22-3)18(15)19(14)20/h4-11,14,19-20H,1-3H3/t14-,19-/m0/s1. The van der Waals surface area contributed by atoms with Crippen LogP contribution in [-0.2, 0) is 0 Å². The first-order valence-electron chi connectivity index (χ1n) is 7.34. The molecule has 2 aromatic carbocycles. The zero-order chi connectivity index (χ0) is 15.7. The number of hydrogen-bond acceptors (Lipinski definition) is 3. The molecule has 1 aliphatic rings. The first kappa shape index (κ1) is 14.7. The van der Waals surface area contributed by atoms with E-state index in [0.29, 0.717) is 5.75 Å². The number of rotatable bonds is 3. The smallest absolute Gasteiger partial charge is 0.126 e. The summed E-state index contributed by atoms with van der Waals surface area (Å²) in [6, 6.07) is 11.8. The van der Waals surface area contributed by atoms with Crippen molar-refractivity contribution in [2.45, 2.75) is 18.9 Å². The number of methoxy groups -OCH3 is 2. The molecule has 1 aliphatic carbocycles. The number of benzene rings is 2. The molecule has 2 atom stereocenters. The third-order valence-corrected chi connectivity index (χ3v) is 4.30. The van der Waals surface area contributed by atoms with E-state index in [9.17, 15) is 5.11 Å². The summed E-state index contributed by atoms with van der Waals surface area (Å²) in [6.07, 6.45) is 3.39. The van der Waals surface area contributed by atoms with E-state index in [4.69, 9.17) is 9.47 Å². The quantitative estimate of drug-likeness (QED) is 0.935. The second kappa shape index (κ2) is 5.85. The Labute approximate surface area is 130 Å². The molecule has 0 fully saturated rings. The third kappa shape index (κ3) is 2.28. The maximum Gasteiger partial charge on any atom is 0.126 e. The minimum Gasteiger partial charge on any atom is -0.496 e. The number of hydrogen-bond donors (Lipinski definition) is 1. The predicted octanol–water partition coefficient (Wildman–Crippen LogP) is 3.86. The molecule has 0 bridgehead atoms. The molecule has 0 aliphatic heterocycles. The molecular weight excluding hydrogens is 276 g/mol. The summed E-state index contributed by atoms with van der Waals surface area (Å²) in [5, 5.41) is 10.9. The molecule has 0 unspecified atom stereocenters. The van der Waals surface area contributed by atoms with Crippen LogP contribution in [0.2, 0.25) is 0 Å². The van der Waals surface area contributed by atoms with Crippen molar-refractivity contribution in [3.8, 4) is 11.5 Å². The van der Waals surface area contributed by atoms with Gasteiger partial charge in [0.25, 0.3) is 0 Å². The van der Waals surface area contributed by atoms with Gasteiger partial charge in [-0.05, 0) is 30.2 Å². The molecule has 114 valence electrons. The Morgan fingerprint density at radius 3 is 2.32 bits per heavy atom. The van der Waals surface area contributed by atoms with Crippen molar-refractivity contribution in [3.05, 3.63) is 64.7 Å². The largest absolute Gasteiger partial charge is 0.496 e. The molecule has 3 nitrogen and oxygen atoms in total. The second-order valence-corrected chi connectivity index (χ2v) is 5.48. The van der Waals surface area contributed by atoms with Gasteiger partial charge in [0.1, 0.15) is 11.5 Å². The maximum atomic E-state index is 10.9. The second-order valence-electron chi connectivity index (χ2n) is 5.48. The molecule has 0 saturated carbocycles. The monoisotopic (exact) mass is 296 g/mol. The third-order valence-electron chi connectivity index (χ3n) is 4.30. The fourth-order valence-electron chi connectivity index (χ4n) is 3.15. The predicted molar refractivity (Wildman–Crippen MR) is 87.5 cm³/mol. The van der Waals surface area contributed by atoms with Crippen LogP contribution in [0.25, 0.3) is 6.08 Å². The molecule has 0 radical (unpaired) electrons. The van der Waals surface area contributed by atoms with Gasteiger partial charge in [0, 0.05) is 17.0 Å². The molecule has 0 amide bonds. The molecule has 0 saturated heterocycles. The van der Waals surface area contributed by atoms with Crippen LogP contribution in [0.4, 0.5) is 0 Å². The normalized spacial score (nSPS) is 19.6. The molecular formula is C19H20O3. The van der Waals surface area contributed by atoms with Crippen LogP contribution in [0.5, 0.6) is 11.5 Å². The lowest BCUT2D eigenvalue weighted by atomic mass is 9.80. The SMILES string of the molecule is COc1ccc(OC)c2c1C=C[C@@H](c1ccccc1C)[C@@H]2O. The van der Waals surface area contributed by atoms with Gasteiger partial charge in [-0.15, -0.1) is 0 Å². The lowest BCUT2D eigenvalue weighted by molar-refractivity contribution is 0.155. The lowest BCUT2D eigenvalue weighted by Crippen LogP contribution is -2.16. The number of aryl methyl sites for hydroxylation is 1. The van der Waals surface area contributed by atoms with E-state index in [0.717, 1.165) is 22.4 Å². The summed E-state index contributed by atoms with van der Waals surface area (Å²) in [5.41, 5.74) is 3.97. The van der Waals surface area contributed by atoms with Gasteiger partial charge in [-0.25, -0.2) is 0 Å². The molecule has 0 heterocycles. The highest BCUT2D eigenvalue weighted by Gasteiger charge is 2.31. The number of ether oxygens (including phenoxy) is 2. The molecule has 3 rings (SSSR count). The Morgan fingerprint density at radius 1 is 0.955 bits per heavy atom. The molecule has 2 aromatic rings. The van der Waals surface area contributed by atoms with Crippen molar-refractivity contribution >= 4 is 6.08 Å². The van der Waals surface area contributed by atoms with Crippen molar-refractivity contribution in [1.29, 1.82) is 0 Å². The van der Waals surface area contributed by atoms with E-state index in [2.05, 4.69) is 19.1 Å². The zero-order valence-electron chi connectivity index (χ0n) is 13.0. The van der Waals surface area contributed by atoms with Gasteiger partial charge in [0.2, 0.25) is 0 Å². The highest BCUT2D eigenvalue weighted by atomic mass is 16.5. The van der Waals surface area contributed by atoms with Crippen LogP contribution in [0, 0.1) is 6.92 Å². The van der Waals surface area contributed by atoms with Gasteiger partial charge in [0.15, 0.2) is 0 Å². The van der Waals surface area contributed by atoms with E-state index < -0.39 is 6.10 Å². The Kier molecular flexibility index (Phi) is 3.90. The van der Waals surface area contributed by atoms with E-state index >= 15 is 0 Å². The topological polar surface area (TPSA) is 38.7 Å². The summed E-state index contributed by atoms with van der Waals surface area (Å²) in [6.45, 7) is 2.06. The Morgan fingerprint density at radius 2 is 1.64 bits per heavy atom. The first-order chi connectivity index (χ1) is 10.7. The van der Waals surface area contributed by atoms with Gasteiger partial charge in [-0.2, -0.15) is 0 Å². The van der Waals surface area contributed by atoms with E-state index in [1.54, 1.807) is 14.2 Å². The summed E-state index contributed by atoms with van der Waals surface area (Å²) in [5.74, 6) is 1.34. The Balaban J connectivity index is 2.14. The van der Waals surface area contributed by atoms with Gasteiger partial charge in [-0.3, -0.25) is 0 Å². The molecule has 0 aromatic heterocycles. The summed E-state index contributed by atoms with van der Waals surface area (Å²) >= 11 is 0. The van der Waals surface area contributed by atoms with Crippen LogP contribution < -0.4 is 9.47 Å². The van der Waals surface area contributed by atoms with Gasteiger partial charge in [-0.1, -0.05) is 36.4 Å². The van der Waals surface area contributed by atoms with E-state index in [1.807, 2.05) is 36.4 Å². The fourth-order valence-corrected chi connectivity index (χ4v) is 3.15. The highest BCUT2D eigenvalue weighted by molar-refractivity contribution is 5.69. The van der Waals surface area contributed by atoms with Crippen LogP contribution in [0.15, 0.2) is 42.5 Å². The zero-order valence-corrected chi connectivity index (χ0v) is 13.0. The van der Waals surface area contributed by atoms with Crippen LogP contribution >= 0.6 is 0 Å². The van der Waals surface area contributed by atoms with Crippen molar-refractivity contribution in [2.75, 3.05) is 14.2 Å². The van der Waals surface area contributed by atoms with Crippen molar-refractivity contribution in [3.63, 3.8) is 0 Å². The summed E-state index contributed by atoms with van der Waals surface area (Å²) < 4.78 is 10.9. The van der Waals surface area contributed by atoms with Gasteiger partial charge in [0.05, 0.1) is 20.3 Å². The Hall–Kier alpha value is -2.26. The fraction of sp³-hybridized carbons (Fsp3) is 0.263. The van der Waals surface area contributed by atoms with Crippen molar-refractivity contribution in [2.24, 2.45) is 0 Å². The number of aliphatic hydroxyl groups is 1. The van der Waals surface area contributed by atoms with Crippen LogP contribution in [-0.4, -0.2) is 19.3 Å². The molecule has 22 heavy (non-hydrogen) atoms. The molecule has 1 N–H and O–H groups in total. The van der Waals surface area contributed by atoms with Crippen molar-refractivity contribution in [1.82, 2.24) is 0 Å². The van der Waals surface area contributed by atoms with Crippen molar-refractivity contribution < 1.29 is 14.6 Å². The van der Waals surface area contributed by atoms with E-state index in [-0.39, 0.29) is 5.92 Å². The summed E-state index contributed by atoms with van der Waals surface area (Å²) in [4.78, 5) is 0. The summed E-state index contributed by atoms with van der Waals surface area (Å²) in [7, 11) is 3.26. The minimum atomic E-state index is -0.661. The lowest BCUT2D eigenvalue weighted by Gasteiger charge is -2.29. The number of fused-ring (bicyclic) bond motifs is 1. The highest BCUT2D eigenvalue weighted by Crippen LogP contribution is 2.46. The van der Waals surface area contributed by atoms with Gasteiger partial charge >= 0.3 is 0 Å². The maximum absolute atomic E-state index is 10.9. The van der Waals surface area contributed by atoms with Crippen LogP contribution in [0.3, 0.4) is 0 Å². The molecule has 0 spiro atoms. The first-order valence-corrected chi connectivity index (χ1v) is 7.34.